The molecule has 0 fully saturated rings. The van der Waals surface area contributed by atoms with Crippen LogP contribution >= 0.6 is 0 Å². The second-order valence-electron chi connectivity index (χ2n) is 4.10. The van der Waals surface area contributed by atoms with Gasteiger partial charge in [-0.15, -0.1) is 0 Å². The molecule has 0 spiro atoms. The van der Waals surface area contributed by atoms with Crippen LogP contribution in [0.4, 0.5) is 4.39 Å². The Morgan fingerprint density at radius 1 is 1.56 bits per heavy atom. The molecule has 0 aliphatic heterocycles. The second-order valence-corrected chi connectivity index (χ2v) is 5.79. The molecule has 0 radical (unpaired) electrons. The lowest BCUT2D eigenvalue weighted by molar-refractivity contribution is 0.491. The van der Waals surface area contributed by atoms with Crippen LogP contribution in [0.25, 0.3) is 0 Å². The number of rotatable bonds is 4. The largest absolute Gasteiger partial charge is 0.324 e. The topological polar surface area (TPSA) is 85.1 Å². The van der Waals surface area contributed by atoms with Gasteiger partial charge in [-0.05, 0) is 26.0 Å². The van der Waals surface area contributed by atoms with E-state index in [0.29, 0.717) is 0 Å². The van der Waals surface area contributed by atoms with Gasteiger partial charge in [-0.25, -0.2) is 22.5 Å². The van der Waals surface area contributed by atoms with Gasteiger partial charge in [0, 0.05) is 18.3 Å². The highest BCUT2D eigenvalue weighted by molar-refractivity contribution is 7.89. The van der Waals surface area contributed by atoms with Crippen LogP contribution in [0.15, 0.2) is 23.4 Å². The van der Waals surface area contributed by atoms with Gasteiger partial charge in [0.05, 0.1) is 0 Å². The summed E-state index contributed by atoms with van der Waals surface area (Å²) in [7, 11) is -3.94. The zero-order valence-corrected chi connectivity index (χ0v) is 9.88. The zero-order valence-electron chi connectivity index (χ0n) is 9.07. The number of pyridine rings is 1. The molecule has 0 aliphatic rings. The molecule has 5 nitrogen and oxygen atoms in total. The molecule has 16 heavy (non-hydrogen) atoms. The first-order valence-corrected chi connectivity index (χ1v) is 6.10. The minimum atomic E-state index is -3.94. The summed E-state index contributed by atoms with van der Waals surface area (Å²) in [5.41, 5.74) is 4.91. The fourth-order valence-electron chi connectivity index (χ4n) is 0.918. The van der Waals surface area contributed by atoms with Crippen molar-refractivity contribution in [3.8, 4) is 0 Å². The maximum Gasteiger partial charge on any atom is 0.261 e. The number of nitrogens with two attached hydrogens (primary N) is 1. The minimum absolute atomic E-state index is 0.00531. The second kappa shape index (κ2) is 4.44. The number of hydrogen-bond donors (Lipinski definition) is 2. The first-order chi connectivity index (χ1) is 7.22. The molecule has 1 rings (SSSR count). The summed E-state index contributed by atoms with van der Waals surface area (Å²) in [5, 5.41) is -0.612. The van der Waals surface area contributed by atoms with Crippen LogP contribution in [-0.4, -0.2) is 25.5 Å². The van der Waals surface area contributed by atoms with Crippen LogP contribution < -0.4 is 10.5 Å². The molecule has 90 valence electrons. The fourth-order valence-corrected chi connectivity index (χ4v) is 2.14. The van der Waals surface area contributed by atoms with Crippen LogP contribution in [0.2, 0.25) is 0 Å². The summed E-state index contributed by atoms with van der Waals surface area (Å²) in [6.45, 7) is 3.32. The van der Waals surface area contributed by atoms with Gasteiger partial charge in [0.25, 0.3) is 10.0 Å². The summed E-state index contributed by atoms with van der Waals surface area (Å²) in [5.74, 6) is -0.884. The van der Waals surface area contributed by atoms with Gasteiger partial charge in [-0.2, -0.15) is 0 Å². The third-order valence-electron chi connectivity index (χ3n) is 1.70. The van der Waals surface area contributed by atoms with E-state index in [2.05, 4.69) is 9.71 Å². The molecular weight excluding hydrogens is 233 g/mol. The molecule has 0 aromatic carbocycles. The maximum absolute atomic E-state index is 13.2. The Morgan fingerprint density at radius 2 is 2.19 bits per heavy atom. The van der Waals surface area contributed by atoms with Crippen LogP contribution in [0.1, 0.15) is 13.8 Å². The summed E-state index contributed by atoms with van der Waals surface area (Å²) in [4.78, 5) is 3.48. The Hall–Kier alpha value is -1.05. The van der Waals surface area contributed by atoms with E-state index in [1.165, 1.54) is 12.3 Å². The summed E-state index contributed by atoms with van der Waals surface area (Å²) < 4.78 is 38.7. The SMILES string of the molecule is CC(C)(N)CNS(=O)(=O)c1ncccc1F. The molecule has 0 aliphatic carbocycles. The first-order valence-electron chi connectivity index (χ1n) is 4.61. The van der Waals surface area contributed by atoms with E-state index in [-0.39, 0.29) is 6.54 Å². The maximum atomic E-state index is 13.2. The summed E-state index contributed by atoms with van der Waals surface area (Å²) in [6.07, 6.45) is 1.21. The highest BCUT2D eigenvalue weighted by atomic mass is 32.2. The highest BCUT2D eigenvalue weighted by Gasteiger charge is 2.22. The van der Waals surface area contributed by atoms with Gasteiger partial charge in [0.2, 0.25) is 5.03 Å². The van der Waals surface area contributed by atoms with E-state index >= 15 is 0 Å². The van der Waals surface area contributed by atoms with Gasteiger partial charge in [0.15, 0.2) is 5.82 Å². The average molecular weight is 247 g/mol. The summed E-state index contributed by atoms with van der Waals surface area (Å²) in [6, 6.07) is 2.36. The van der Waals surface area contributed by atoms with Crippen molar-refractivity contribution in [2.75, 3.05) is 6.54 Å². The molecule has 7 heteroatoms. The Labute approximate surface area is 93.9 Å². The van der Waals surface area contributed by atoms with Crippen molar-refractivity contribution in [2.45, 2.75) is 24.4 Å². The van der Waals surface area contributed by atoms with E-state index in [0.717, 1.165) is 6.07 Å². The van der Waals surface area contributed by atoms with Crippen molar-refractivity contribution in [3.05, 3.63) is 24.1 Å². The standard InChI is InChI=1S/C9H14FN3O2S/c1-9(2,11)6-13-16(14,15)8-7(10)4-3-5-12-8/h3-5,13H,6,11H2,1-2H3. The monoisotopic (exact) mass is 247 g/mol. The Bertz CT molecular complexity index is 468. The molecule has 0 amide bonds. The van der Waals surface area contributed by atoms with E-state index in [1.54, 1.807) is 13.8 Å². The zero-order chi connectivity index (χ0) is 12.4. The number of nitrogens with zero attached hydrogens (tertiary/aromatic N) is 1. The third-order valence-corrected chi connectivity index (χ3v) is 3.03. The van der Waals surface area contributed by atoms with Gasteiger partial charge in [-0.1, -0.05) is 0 Å². The van der Waals surface area contributed by atoms with E-state index in [4.69, 9.17) is 5.73 Å². The predicted octanol–water partition coefficient (Wildman–Crippen LogP) is 0.236. The highest BCUT2D eigenvalue weighted by Crippen LogP contribution is 2.10. The van der Waals surface area contributed by atoms with E-state index in [1.807, 2.05) is 0 Å². The van der Waals surface area contributed by atoms with E-state index in [9.17, 15) is 12.8 Å². The van der Waals surface area contributed by atoms with Gasteiger partial charge < -0.3 is 5.73 Å². The van der Waals surface area contributed by atoms with Crippen molar-refractivity contribution in [1.29, 1.82) is 0 Å². The van der Waals surface area contributed by atoms with E-state index < -0.39 is 26.4 Å². The smallest absolute Gasteiger partial charge is 0.261 e. The van der Waals surface area contributed by atoms with Crippen LogP contribution in [0.5, 0.6) is 0 Å². The number of aromatic nitrogens is 1. The molecule has 3 N–H and O–H groups in total. The van der Waals surface area contributed by atoms with Gasteiger partial charge in [0.1, 0.15) is 0 Å². The Kier molecular flexibility index (Phi) is 3.61. The first kappa shape index (κ1) is 13.0. The third kappa shape index (κ3) is 3.51. The van der Waals surface area contributed by atoms with Crippen molar-refractivity contribution >= 4 is 10.0 Å². The quantitative estimate of drug-likeness (QED) is 0.798. The average Bonchev–Trinajstić information content (AvgIpc) is 2.14. The number of hydrogen-bond acceptors (Lipinski definition) is 4. The minimum Gasteiger partial charge on any atom is -0.324 e. The molecule has 0 unspecified atom stereocenters. The molecule has 0 bridgehead atoms. The molecule has 1 heterocycles. The Morgan fingerprint density at radius 3 is 2.69 bits per heavy atom. The number of sulfonamides is 1. The van der Waals surface area contributed by atoms with Crippen molar-refractivity contribution in [3.63, 3.8) is 0 Å². The molecular formula is C9H14FN3O2S. The molecule has 1 aromatic rings. The lowest BCUT2D eigenvalue weighted by Gasteiger charge is -2.18. The van der Waals surface area contributed by atoms with Gasteiger partial charge in [-0.3, -0.25) is 0 Å². The molecule has 1 aromatic heterocycles. The van der Waals surface area contributed by atoms with Crippen molar-refractivity contribution < 1.29 is 12.8 Å². The fraction of sp³-hybridized carbons (Fsp3) is 0.444. The summed E-state index contributed by atoms with van der Waals surface area (Å²) >= 11 is 0. The lowest BCUT2D eigenvalue weighted by Crippen LogP contribution is -2.45. The molecule has 0 atom stereocenters. The van der Waals surface area contributed by atoms with Crippen molar-refractivity contribution in [2.24, 2.45) is 5.73 Å². The van der Waals surface area contributed by atoms with Crippen LogP contribution in [0.3, 0.4) is 0 Å². The van der Waals surface area contributed by atoms with Gasteiger partial charge >= 0.3 is 0 Å². The number of nitrogens with one attached hydrogen (secondary N) is 1. The number of halogens is 1. The molecule has 0 saturated heterocycles. The predicted molar refractivity (Wildman–Crippen MR) is 57.6 cm³/mol. The normalized spacial score (nSPS) is 12.8. The van der Waals surface area contributed by atoms with Crippen LogP contribution in [0, 0.1) is 5.82 Å². The lowest BCUT2D eigenvalue weighted by atomic mass is 10.1. The van der Waals surface area contributed by atoms with Crippen molar-refractivity contribution in [1.82, 2.24) is 9.71 Å². The molecule has 0 saturated carbocycles. The Balaban J connectivity index is 2.92. The van der Waals surface area contributed by atoms with Crippen LogP contribution in [-0.2, 0) is 10.0 Å².